The summed E-state index contributed by atoms with van der Waals surface area (Å²) in [4.78, 5) is 14.8. The first-order valence-corrected chi connectivity index (χ1v) is 8.38. The minimum Gasteiger partial charge on any atom is -0.493 e. The summed E-state index contributed by atoms with van der Waals surface area (Å²) in [6.07, 6.45) is 1.93. The number of hydrogen-bond donors (Lipinski definition) is 0. The maximum atomic E-state index is 13.1. The highest BCUT2D eigenvalue weighted by atomic mass is 35.5. The zero-order valence-corrected chi connectivity index (χ0v) is 14.8. The molecule has 0 radical (unpaired) electrons. The Morgan fingerprint density at radius 2 is 1.88 bits per heavy atom. The van der Waals surface area contributed by atoms with Crippen LogP contribution in [0.15, 0.2) is 36.4 Å². The first-order valence-electron chi connectivity index (χ1n) is 8.00. The van der Waals surface area contributed by atoms with Crippen LogP contribution in [0.2, 0.25) is 5.02 Å². The predicted molar refractivity (Wildman–Crippen MR) is 93.9 cm³/mol. The van der Waals surface area contributed by atoms with Crippen LogP contribution in [-0.2, 0) is 6.54 Å². The molecule has 1 aliphatic rings. The lowest BCUT2D eigenvalue weighted by atomic mass is 10.1. The molecule has 2 aromatic rings. The Morgan fingerprint density at radius 1 is 1.20 bits per heavy atom. The lowest BCUT2D eigenvalue weighted by Crippen LogP contribution is -2.32. The summed E-state index contributed by atoms with van der Waals surface area (Å²) >= 11 is 6.22. The van der Waals surface area contributed by atoms with Crippen molar-refractivity contribution in [3.8, 4) is 11.5 Å². The number of rotatable bonds is 6. The number of nitrogens with zero attached hydrogens (tertiary/aromatic N) is 1. The van der Waals surface area contributed by atoms with Gasteiger partial charge in [-0.3, -0.25) is 4.79 Å². The Hall–Kier alpha value is -2.27. The third-order valence-corrected chi connectivity index (χ3v) is 4.48. The molecule has 1 aliphatic carbocycles. The van der Waals surface area contributed by atoms with E-state index in [0.29, 0.717) is 28.6 Å². The van der Waals surface area contributed by atoms with Crippen molar-refractivity contribution in [2.45, 2.75) is 25.4 Å². The number of ether oxygens (including phenoxy) is 2. The highest BCUT2D eigenvalue weighted by Gasteiger charge is 2.33. The van der Waals surface area contributed by atoms with Gasteiger partial charge in [-0.2, -0.15) is 0 Å². The molecule has 0 heterocycles. The fraction of sp³-hybridized carbons (Fsp3) is 0.316. The van der Waals surface area contributed by atoms with E-state index >= 15 is 0 Å². The monoisotopic (exact) mass is 363 g/mol. The van der Waals surface area contributed by atoms with Crippen LogP contribution in [-0.4, -0.2) is 31.1 Å². The molecular formula is C19H19ClFNO3. The first-order chi connectivity index (χ1) is 12.0. The summed E-state index contributed by atoms with van der Waals surface area (Å²) in [5.74, 6) is 0.391. The second-order valence-corrected chi connectivity index (χ2v) is 6.39. The number of amides is 1. The molecule has 0 atom stereocenters. The largest absolute Gasteiger partial charge is 0.493 e. The molecule has 3 rings (SSSR count). The first kappa shape index (κ1) is 17.5. The molecule has 25 heavy (non-hydrogen) atoms. The van der Waals surface area contributed by atoms with Gasteiger partial charge in [0.05, 0.1) is 19.2 Å². The summed E-state index contributed by atoms with van der Waals surface area (Å²) in [5.41, 5.74) is 1.32. The van der Waals surface area contributed by atoms with Gasteiger partial charge in [0.1, 0.15) is 5.82 Å². The molecule has 6 heteroatoms. The second-order valence-electron chi connectivity index (χ2n) is 5.98. The van der Waals surface area contributed by atoms with Crippen LogP contribution in [0.3, 0.4) is 0 Å². The summed E-state index contributed by atoms with van der Waals surface area (Å²) in [6.45, 7) is 0.426. The van der Waals surface area contributed by atoms with E-state index in [1.54, 1.807) is 29.2 Å². The molecule has 1 saturated carbocycles. The molecule has 132 valence electrons. The average molecular weight is 364 g/mol. The number of carbonyl (C=O) groups is 1. The van der Waals surface area contributed by atoms with Gasteiger partial charge < -0.3 is 14.4 Å². The van der Waals surface area contributed by atoms with E-state index in [2.05, 4.69) is 0 Å². The molecule has 0 unspecified atom stereocenters. The number of carbonyl (C=O) groups excluding carboxylic acids is 1. The molecule has 2 aromatic carbocycles. The fourth-order valence-electron chi connectivity index (χ4n) is 2.75. The third kappa shape index (κ3) is 3.87. The number of methoxy groups -OCH3 is 2. The Balaban J connectivity index is 1.88. The summed E-state index contributed by atoms with van der Waals surface area (Å²) in [7, 11) is 3.00. The van der Waals surface area contributed by atoms with E-state index in [0.717, 1.165) is 18.4 Å². The number of hydrogen-bond acceptors (Lipinski definition) is 3. The summed E-state index contributed by atoms with van der Waals surface area (Å²) < 4.78 is 23.6. The van der Waals surface area contributed by atoms with Gasteiger partial charge in [-0.15, -0.1) is 0 Å². The third-order valence-electron chi connectivity index (χ3n) is 4.20. The maximum Gasteiger partial charge on any atom is 0.254 e. The van der Waals surface area contributed by atoms with E-state index in [1.165, 1.54) is 26.4 Å². The lowest BCUT2D eigenvalue weighted by Gasteiger charge is -2.23. The molecule has 0 aromatic heterocycles. The van der Waals surface area contributed by atoms with Gasteiger partial charge in [0, 0.05) is 18.2 Å². The minimum atomic E-state index is -0.292. The Labute approximate surface area is 151 Å². The Bertz CT molecular complexity index is 775. The van der Waals surface area contributed by atoms with Gasteiger partial charge in [0.25, 0.3) is 5.91 Å². The Kier molecular flexibility index (Phi) is 5.13. The van der Waals surface area contributed by atoms with Crippen molar-refractivity contribution in [2.75, 3.05) is 14.2 Å². The standard InChI is InChI=1S/C19H19ClFNO3/c1-24-17-10-13(9-16(20)18(17)25-2)19(23)22(15-7-8-15)11-12-3-5-14(21)6-4-12/h3-6,9-10,15H,7-8,11H2,1-2H3. The molecule has 0 saturated heterocycles. The van der Waals surface area contributed by atoms with Crippen molar-refractivity contribution in [2.24, 2.45) is 0 Å². The van der Waals surface area contributed by atoms with Gasteiger partial charge in [-0.05, 0) is 42.7 Å². The van der Waals surface area contributed by atoms with Crippen molar-refractivity contribution >= 4 is 17.5 Å². The maximum absolute atomic E-state index is 13.1. The normalized spacial score (nSPS) is 13.4. The van der Waals surface area contributed by atoms with E-state index in [-0.39, 0.29) is 17.8 Å². The molecule has 0 aliphatic heterocycles. The van der Waals surface area contributed by atoms with E-state index in [1.807, 2.05) is 0 Å². The topological polar surface area (TPSA) is 38.8 Å². The second kappa shape index (κ2) is 7.31. The quantitative estimate of drug-likeness (QED) is 0.768. The fourth-order valence-corrected chi connectivity index (χ4v) is 3.03. The number of benzene rings is 2. The van der Waals surface area contributed by atoms with Crippen molar-refractivity contribution in [1.29, 1.82) is 0 Å². The molecule has 0 bridgehead atoms. The smallest absolute Gasteiger partial charge is 0.254 e. The van der Waals surface area contributed by atoms with Crippen LogP contribution in [0.4, 0.5) is 4.39 Å². The highest BCUT2D eigenvalue weighted by Crippen LogP contribution is 2.37. The van der Waals surface area contributed by atoms with Crippen LogP contribution in [0.25, 0.3) is 0 Å². The molecule has 0 spiro atoms. The van der Waals surface area contributed by atoms with Crippen LogP contribution in [0.1, 0.15) is 28.8 Å². The summed E-state index contributed by atoms with van der Waals surface area (Å²) in [5, 5.41) is 0.322. The highest BCUT2D eigenvalue weighted by molar-refractivity contribution is 6.32. The molecule has 1 fully saturated rings. The summed E-state index contributed by atoms with van der Waals surface area (Å²) in [6, 6.07) is 9.61. The van der Waals surface area contributed by atoms with Gasteiger partial charge in [0.2, 0.25) is 0 Å². The minimum absolute atomic E-state index is 0.130. The van der Waals surface area contributed by atoms with Gasteiger partial charge in [-0.1, -0.05) is 23.7 Å². The molecule has 0 N–H and O–H groups in total. The van der Waals surface area contributed by atoms with Gasteiger partial charge >= 0.3 is 0 Å². The number of halogens is 2. The van der Waals surface area contributed by atoms with Crippen molar-refractivity contribution in [3.63, 3.8) is 0 Å². The Morgan fingerprint density at radius 3 is 2.44 bits per heavy atom. The van der Waals surface area contributed by atoms with E-state index in [4.69, 9.17) is 21.1 Å². The van der Waals surface area contributed by atoms with Crippen molar-refractivity contribution in [3.05, 3.63) is 58.4 Å². The van der Waals surface area contributed by atoms with Gasteiger partial charge in [-0.25, -0.2) is 4.39 Å². The lowest BCUT2D eigenvalue weighted by molar-refractivity contribution is 0.0729. The van der Waals surface area contributed by atoms with Gasteiger partial charge in [0.15, 0.2) is 11.5 Å². The molecular weight excluding hydrogens is 345 g/mol. The van der Waals surface area contributed by atoms with E-state index < -0.39 is 0 Å². The molecule has 1 amide bonds. The SMILES string of the molecule is COc1cc(C(=O)N(Cc2ccc(F)cc2)C2CC2)cc(Cl)c1OC. The predicted octanol–water partition coefficient (Wildman–Crippen LogP) is 4.30. The zero-order chi connectivity index (χ0) is 18.0. The van der Waals surface area contributed by atoms with Crippen LogP contribution in [0.5, 0.6) is 11.5 Å². The average Bonchev–Trinajstić information content (AvgIpc) is 3.44. The van der Waals surface area contributed by atoms with E-state index in [9.17, 15) is 9.18 Å². The van der Waals surface area contributed by atoms with Crippen molar-refractivity contribution < 1.29 is 18.7 Å². The van der Waals surface area contributed by atoms with Crippen LogP contribution in [0, 0.1) is 5.82 Å². The zero-order valence-electron chi connectivity index (χ0n) is 14.1. The van der Waals surface area contributed by atoms with Crippen LogP contribution < -0.4 is 9.47 Å². The molecule has 4 nitrogen and oxygen atoms in total. The van der Waals surface area contributed by atoms with Crippen LogP contribution >= 0.6 is 11.6 Å². The van der Waals surface area contributed by atoms with Crippen molar-refractivity contribution in [1.82, 2.24) is 4.90 Å².